The molecule has 0 aromatic heterocycles. The molecule has 2 fully saturated rings. The van der Waals surface area contributed by atoms with E-state index < -0.39 is 6.10 Å². The maximum atomic E-state index is 11.1. The molecule has 3 aliphatic carbocycles. The van der Waals surface area contributed by atoms with Crippen molar-refractivity contribution in [3.8, 4) is 0 Å². The zero-order valence-electron chi connectivity index (χ0n) is 16.1. The molecule has 3 aliphatic rings. The van der Waals surface area contributed by atoms with Gasteiger partial charge >= 0.3 is 0 Å². The Labute approximate surface area is 147 Å². The molecular weight excluding hydrogens is 298 g/mol. The first kappa shape index (κ1) is 18.4. The molecule has 0 heterocycles. The van der Waals surface area contributed by atoms with Gasteiger partial charge < -0.3 is 15.5 Å². The lowest BCUT2D eigenvalue weighted by Gasteiger charge is -2.63. The second kappa shape index (κ2) is 6.41. The van der Waals surface area contributed by atoms with E-state index in [0.29, 0.717) is 23.7 Å². The van der Waals surface area contributed by atoms with Gasteiger partial charge in [0.15, 0.2) is 0 Å². The fourth-order valence-electron chi connectivity index (χ4n) is 6.94. The van der Waals surface area contributed by atoms with Crippen molar-refractivity contribution < 1.29 is 10.2 Å². The Bertz CT molecular complexity index is 500. The third-order valence-electron chi connectivity index (χ3n) is 8.12. The Balaban J connectivity index is 2.01. The van der Waals surface area contributed by atoms with Crippen LogP contribution in [0.5, 0.6) is 0 Å². The molecule has 3 N–H and O–H groups in total. The van der Waals surface area contributed by atoms with E-state index >= 15 is 0 Å². The standard InChI is InChI=1S/C21H37NO2/c1-19(2)9-5-10-20(3)16(19)8-11-21(14-23)17(20)7-6-15(13-22-4)12-18(21)24/h6,16-18,22-24H,5,7-14H2,1-4H3. The lowest BCUT2D eigenvalue weighted by atomic mass is 9.42. The van der Waals surface area contributed by atoms with Gasteiger partial charge in [-0.1, -0.05) is 38.8 Å². The summed E-state index contributed by atoms with van der Waals surface area (Å²) in [5.41, 5.74) is 1.60. The molecular formula is C21H37NO2. The summed E-state index contributed by atoms with van der Waals surface area (Å²) >= 11 is 0. The number of allylic oxidation sites excluding steroid dienone is 1. The van der Waals surface area contributed by atoms with Crippen molar-refractivity contribution in [3.63, 3.8) is 0 Å². The fourth-order valence-corrected chi connectivity index (χ4v) is 6.94. The maximum Gasteiger partial charge on any atom is 0.0658 e. The van der Waals surface area contributed by atoms with Crippen molar-refractivity contribution in [1.29, 1.82) is 0 Å². The van der Waals surface area contributed by atoms with Gasteiger partial charge in [-0.3, -0.25) is 0 Å². The van der Waals surface area contributed by atoms with E-state index in [-0.39, 0.29) is 17.4 Å². The SMILES string of the molecule is CNCC1=CCC2C3(C)CCCC(C)(C)C3CCC2(CO)C(O)C1. The first-order valence-electron chi connectivity index (χ1n) is 9.91. The monoisotopic (exact) mass is 335 g/mol. The summed E-state index contributed by atoms with van der Waals surface area (Å²) in [7, 11) is 1.97. The van der Waals surface area contributed by atoms with Crippen molar-refractivity contribution in [2.45, 2.75) is 71.8 Å². The van der Waals surface area contributed by atoms with E-state index in [2.05, 4.69) is 32.2 Å². The lowest BCUT2D eigenvalue weighted by Crippen LogP contribution is -2.59. The van der Waals surface area contributed by atoms with Gasteiger partial charge in [0.05, 0.1) is 12.7 Å². The van der Waals surface area contributed by atoms with Crippen LogP contribution in [-0.2, 0) is 0 Å². The molecule has 24 heavy (non-hydrogen) atoms. The fraction of sp³-hybridized carbons (Fsp3) is 0.905. The molecule has 2 saturated carbocycles. The lowest BCUT2D eigenvalue weighted by molar-refractivity contribution is -0.181. The predicted octanol–water partition coefficient (Wildman–Crippen LogP) is 3.51. The molecule has 0 saturated heterocycles. The maximum absolute atomic E-state index is 11.1. The van der Waals surface area contributed by atoms with Crippen LogP contribution in [0.2, 0.25) is 0 Å². The molecule has 3 rings (SSSR count). The average molecular weight is 336 g/mol. The summed E-state index contributed by atoms with van der Waals surface area (Å²) < 4.78 is 0. The van der Waals surface area contributed by atoms with Crippen LogP contribution >= 0.6 is 0 Å². The van der Waals surface area contributed by atoms with Crippen molar-refractivity contribution in [1.82, 2.24) is 5.32 Å². The third kappa shape index (κ3) is 2.68. The van der Waals surface area contributed by atoms with Crippen LogP contribution in [0.4, 0.5) is 0 Å². The van der Waals surface area contributed by atoms with Crippen LogP contribution in [0.3, 0.4) is 0 Å². The third-order valence-corrected chi connectivity index (χ3v) is 8.12. The molecule has 5 unspecified atom stereocenters. The Morgan fingerprint density at radius 3 is 2.58 bits per heavy atom. The zero-order valence-corrected chi connectivity index (χ0v) is 16.1. The minimum atomic E-state index is -0.419. The second-order valence-electron chi connectivity index (χ2n) is 9.73. The van der Waals surface area contributed by atoms with E-state index in [1.54, 1.807) is 0 Å². The number of fused-ring (bicyclic) bond motifs is 3. The van der Waals surface area contributed by atoms with E-state index in [4.69, 9.17) is 0 Å². The van der Waals surface area contributed by atoms with Gasteiger partial charge in [0, 0.05) is 12.0 Å². The highest BCUT2D eigenvalue weighted by atomic mass is 16.3. The van der Waals surface area contributed by atoms with Gasteiger partial charge in [-0.25, -0.2) is 0 Å². The van der Waals surface area contributed by atoms with Gasteiger partial charge in [-0.15, -0.1) is 0 Å². The predicted molar refractivity (Wildman–Crippen MR) is 98.7 cm³/mol. The van der Waals surface area contributed by atoms with Crippen molar-refractivity contribution in [3.05, 3.63) is 11.6 Å². The number of likely N-dealkylation sites (N-methyl/N-ethyl adjacent to an activating group) is 1. The van der Waals surface area contributed by atoms with Crippen LogP contribution in [0.25, 0.3) is 0 Å². The van der Waals surface area contributed by atoms with Crippen molar-refractivity contribution in [2.75, 3.05) is 20.2 Å². The smallest absolute Gasteiger partial charge is 0.0658 e. The molecule has 5 atom stereocenters. The Morgan fingerprint density at radius 1 is 1.17 bits per heavy atom. The number of aliphatic hydroxyl groups excluding tert-OH is 2. The number of hydrogen-bond donors (Lipinski definition) is 3. The Morgan fingerprint density at radius 2 is 1.92 bits per heavy atom. The Hall–Kier alpha value is -0.380. The molecule has 3 heteroatoms. The van der Waals surface area contributed by atoms with Crippen LogP contribution < -0.4 is 5.32 Å². The van der Waals surface area contributed by atoms with E-state index in [0.717, 1.165) is 25.8 Å². The first-order valence-corrected chi connectivity index (χ1v) is 9.91. The normalized spacial score (nSPS) is 44.9. The van der Waals surface area contributed by atoms with E-state index in [1.165, 1.54) is 24.8 Å². The molecule has 0 amide bonds. The number of hydrogen-bond acceptors (Lipinski definition) is 3. The summed E-state index contributed by atoms with van der Waals surface area (Å²) in [6.07, 6.45) is 9.64. The van der Waals surface area contributed by atoms with Crippen molar-refractivity contribution in [2.24, 2.45) is 28.1 Å². The van der Waals surface area contributed by atoms with Crippen LogP contribution in [0.1, 0.15) is 65.7 Å². The first-order chi connectivity index (χ1) is 11.3. The summed E-state index contributed by atoms with van der Waals surface area (Å²) in [6.45, 7) is 8.32. The van der Waals surface area contributed by atoms with Gasteiger partial charge in [-0.05, 0) is 68.2 Å². The summed E-state index contributed by atoms with van der Waals surface area (Å²) in [6, 6.07) is 0. The average Bonchev–Trinajstić information content (AvgIpc) is 2.65. The molecule has 138 valence electrons. The van der Waals surface area contributed by atoms with Gasteiger partial charge in [-0.2, -0.15) is 0 Å². The molecule has 0 aromatic carbocycles. The summed E-state index contributed by atoms with van der Waals surface area (Å²) in [4.78, 5) is 0. The highest BCUT2D eigenvalue weighted by Crippen LogP contribution is 2.66. The largest absolute Gasteiger partial charge is 0.396 e. The van der Waals surface area contributed by atoms with E-state index in [1.807, 2.05) is 7.05 Å². The minimum absolute atomic E-state index is 0.127. The molecule has 0 aromatic rings. The summed E-state index contributed by atoms with van der Waals surface area (Å²) in [5.74, 6) is 1.09. The number of nitrogens with one attached hydrogen (secondary N) is 1. The van der Waals surface area contributed by atoms with Gasteiger partial charge in [0.25, 0.3) is 0 Å². The van der Waals surface area contributed by atoms with Gasteiger partial charge in [0.2, 0.25) is 0 Å². The summed E-state index contributed by atoms with van der Waals surface area (Å²) in [5, 5.41) is 24.8. The molecule has 0 aliphatic heterocycles. The Kier molecular flexibility index (Phi) is 4.92. The molecule has 3 nitrogen and oxygen atoms in total. The number of aliphatic hydroxyl groups is 2. The quantitative estimate of drug-likeness (QED) is 0.692. The zero-order chi connectivity index (χ0) is 17.6. The molecule has 0 spiro atoms. The highest BCUT2D eigenvalue weighted by Gasteiger charge is 2.61. The van der Waals surface area contributed by atoms with Crippen LogP contribution in [0, 0.1) is 28.1 Å². The van der Waals surface area contributed by atoms with Crippen LogP contribution in [0.15, 0.2) is 11.6 Å². The molecule has 0 bridgehead atoms. The molecule has 0 radical (unpaired) electrons. The van der Waals surface area contributed by atoms with E-state index in [9.17, 15) is 10.2 Å². The van der Waals surface area contributed by atoms with Crippen molar-refractivity contribution >= 4 is 0 Å². The highest BCUT2D eigenvalue weighted by molar-refractivity contribution is 5.18. The number of rotatable bonds is 3. The van der Waals surface area contributed by atoms with Crippen LogP contribution in [-0.4, -0.2) is 36.5 Å². The topological polar surface area (TPSA) is 52.5 Å². The second-order valence-corrected chi connectivity index (χ2v) is 9.73. The van der Waals surface area contributed by atoms with Gasteiger partial charge in [0.1, 0.15) is 0 Å². The minimum Gasteiger partial charge on any atom is -0.396 e.